The van der Waals surface area contributed by atoms with Gasteiger partial charge in [-0.25, -0.2) is 0 Å². The molecule has 10 heteroatoms. The zero-order chi connectivity index (χ0) is 23.2. The largest absolute Gasteiger partial charge is 0.430 e. The van der Waals surface area contributed by atoms with Gasteiger partial charge in [0.15, 0.2) is 0 Å². The Kier molecular flexibility index (Phi) is 6.09. The van der Waals surface area contributed by atoms with Gasteiger partial charge in [0.2, 0.25) is 0 Å². The molecule has 0 unspecified atom stereocenters. The third-order valence-corrected chi connectivity index (χ3v) is 6.64. The molecule has 0 radical (unpaired) electrons. The number of carbonyl (C=O) groups excluding carboxylic acids is 1. The van der Waals surface area contributed by atoms with Gasteiger partial charge >= 0.3 is 12.4 Å². The molecular formula is C21H19F6NO2S. The van der Waals surface area contributed by atoms with Crippen molar-refractivity contribution in [2.24, 2.45) is 0 Å². The normalized spacial score (nSPS) is 17.5. The van der Waals surface area contributed by atoms with E-state index in [1.807, 2.05) is 6.92 Å². The van der Waals surface area contributed by atoms with E-state index in [2.05, 4.69) is 0 Å². The second-order valence-electron chi connectivity index (χ2n) is 7.27. The van der Waals surface area contributed by atoms with Crippen LogP contribution in [0, 0.1) is 6.92 Å². The van der Waals surface area contributed by atoms with Gasteiger partial charge < -0.3 is 10.0 Å². The van der Waals surface area contributed by atoms with Crippen molar-refractivity contribution < 1.29 is 36.2 Å². The lowest BCUT2D eigenvalue weighted by molar-refractivity contribution is -0.376. The van der Waals surface area contributed by atoms with Crippen LogP contribution in [-0.4, -0.2) is 35.2 Å². The summed E-state index contributed by atoms with van der Waals surface area (Å²) in [4.78, 5) is 14.6. The van der Waals surface area contributed by atoms with Gasteiger partial charge in [0.25, 0.3) is 11.5 Å². The summed E-state index contributed by atoms with van der Waals surface area (Å²) in [6.07, 6.45) is -11.4. The number of aryl methyl sites for hydroxylation is 1. The number of anilines is 1. The molecule has 168 valence electrons. The van der Waals surface area contributed by atoms with Gasteiger partial charge in [-0.15, -0.1) is 11.8 Å². The molecule has 3 nitrogen and oxygen atoms in total. The Bertz CT molecular complexity index is 975. The maximum Gasteiger partial charge on any atom is 0.430 e. The van der Waals surface area contributed by atoms with Crippen molar-refractivity contribution in [3.05, 3.63) is 59.2 Å². The minimum Gasteiger partial charge on any atom is -0.369 e. The van der Waals surface area contributed by atoms with E-state index in [1.165, 1.54) is 4.90 Å². The zero-order valence-corrected chi connectivity index (χ0v) is 17.3. The van der Waals surface area contributed by atoms with Crippen molar-refractivity contribution in [2.75, 3.05) is 11.4 Å². The first-order valence-electron chi connectivity index (χ1n) is 9.35. The predicted octanol–water partition coefficient (Wildman–Crippen LogP) is 5.84. The number of benzene rings is 2. The molecule has 1 N–H and O–H groups in total. The van der Waals surface area contributed by atoms with Crippen molar-refractivity contribution in [1.29, 1.82) is 0 Å². The topological polar surface area (TPSA) is 40.5 Å². The van der Waals surface area contributed by atoms with Crippen LogP contribution in [0.1, 0.15) is 34.8 Å². The molecule has 0 fully saturated rings. The smallest absolute Gasteiger partial charge is 0.369 e. The summed E-state index contributed by atoms with van der Waals surface area (Å²) in [5.74, 6) is -0.396. The van der Waals surface area contributed by atoms with Crippen LogP contribution >= 0.6 is 11.8 Å². The van der Waals surface area contributed by atoms with E-state index >= 15 is 0 Å². The highest BCUT2D eigenvalue weighted by Crippen LogP contribution is 2.52. The number of halogens is 6. The molecule has 1 heterocycles. The minimum absolute atomic E-state index is 0.0736. The number of hydrogen-bond acceptors (Lipinski definition) is 3. The van der Waals surface area contributed by atoms with E-state index in [0.717, 1.165) is 17.8 Å². The molecule has 0 spiro atoms. The molecule has 31 heavy (non-hydrogen) atoms. The van der Waals surface area contributed by atoms with Crippen molar-refractivity contribution in [3.63, 3.8) is 0 Å². The van der Waals surface area contributed by atoms with Crippen LogP contribution in [-0.2, 0) is 5.60 Å². The molecule has 0 aromatic heterocycles. The number of amides is 1. The summed E-state index contributed by atoms with van der Waals surface area (Å²) in [5, 5.41) is 9.49. The van der Waals surface area contributed by atoms with E-state index in [1.54, 1.807) is 31.2 Å². The monoisotopic (exact) mass is 463 g/mol. The van der Waals surface area contributed by atoms with Crippen molar-refractivity contribution >= 4 is 23.4 Å². The highest BCUT2D eigenvalue weighted by Gasteiger charge is 2.71. The van der Waals surface area contributed by atoms with Gasteiger partial charge in [-0.3, -0.25) is 4.79 Å². The lowest BCUT2D eigenvalue weighted by Gasteiger charge is -2.37. The maximum atomic E-state index is 13.3. The molecule has 1 atom stereocenters. The van der Waals surface area contributed by atoms with Gasteiger partial charge in [-0.1, -0.05) is 31.2 Å². The molecule has 3 rings (SSSR count). The van der Waals surface area contributed by atoms with E-state index in [-0.39, 0.29) is 22.4 Å². The highest BCUT2D eigenvalue weighted by molar-refractivity contribution is 8.00. The molecule has 0 saturated heterocycles. The molecule has 1 aliphatic heterocycles. The lowest BCUT2D eigenvalue weighted by Crippen LogP contribution is -2.54. The Morgan fingerprint density at radius 2 is 1.71 bits per heavy atom. The maximum absolute atomic E-state index is 13.3. The SMILES string of the molecule is CC[C@H]1CN(C(=O)c2ccccc2C)c2ccc(C(O)(C(F)(F)F)C(F)(F)F)cc2S1. The first kappa shape index (κ1) is 23.5. The fraction of sp³-hybridized carbons (Fsp3) is 0.381. The number of fused-ring (bicyclic) bond motifs is 1. The Morgan fingerprint density at radius 3 is 2.26 bits per heavy atom. The van der Waals surface area contributed by atoms with Crippen LogP contribution in [0.2, 0.25) is 0 Å². The fourth-order valence-corrected chi connectivity index (χ4v) is 4.67. The van der Waals surface area contributed by atoms with Crippen LogP contribution in [0.5, 0.6) is 0 Å². The lowest BCUT2D eigenvalue weighted by atomic mass is 9.92. The van der Waals surface area contributed by atoms with Gasteiger partial charge in [0, 0.05) is 27.8 Å². The predicted molar refractivity (Wildman–Crippen MR) is 105 cm³/mol. The molecule has 2 aromatic rings. The van der Waals surface area contributed by atoms with E-state index in [0.29, 0.717) is 29.7 Å². The molecule has 1 amide bonds. The first-order chi connectivity index (χ1) is 14.3. The van der Waals surface area contributed by atoms with Gasteiger partial charge in [0.05, 0.1) is 5.69 Å². The number of hydrogen-bond donors (Lipinski definition) is 1. The standard InChI is InChI=1S/C21H19F6NO2S/c1-3-14-11-28(18(29)15-7-5-4-6-12(15)2)16-9-8-13(10-17(16)31-14)19(30,20(22,23)24)21(25,26)27/h4-10,14,30H,3,11H2,1-2H3/t14-/m0/s1. The molecule has 2 aromatic carbocycles. The summed E-state index contributed by atoms with van der Waals surface area (Å²) >= 11 is 1.09. The first-order valence-corrected chi connectivity index (χ1v) is 10.2. The Labute approximate surface area is 179 Å². The summed E-state index contributed by atoms with van der Waals surface area (Å²) in [6, 6.07) is 9.06. The average Bonchev–Trinajstić information content (AvgIpc) is 2.70. The quantitative estimate of drug-likeness (QED) is 0.582. The summed E-state index contributed by atoms with van der Waals surface area (Å²) in [7, 11) is 0. The van der Waals surface area contributed by atoms with Gasteiger partial charge in [0.1, 0.15) is 0 Å². The number of alkyl halides is 6. The number of rotatable bonds is 3. The van der Waals surface area contributed by atoms with Crippen molar-refractivity contribution in [1.82, 2.24) is 0 Å². The minimum atomic E-state index is -5.97. The van der Waals surface area contributed by atoms with Crippen molar-refractivity contribution in [3.8, 4) is 0 Å². The Balaban J connectivity index is 2.13. The van der Waals surface area contributed by atoms with Gasteiger partial charge in [-0.05, 0) is 37.1 Å². The number of aliphatic hydroxyl groups is 1. The molecule has 0 saturated carbocycles. The summed E-state index contributed by atoms with van der Waals surface area (Å²) in [6.45, 7) is 3.80. The third kappa shape index (κ3) is 4.03. The molecule has 0 aliphatic carbocycles. The van der Waals surface area contributed by atoms with Gasteiger partial charge in [-0.2, -0.15) is 26.3 Å². The van der Waals surface area contributed by atoms with Crippen LogP contribution in [0.15, 0.2) is 47.4 Å². The number of nitrogens with zero attached hydrogens (tertiary/aromatic N) is 1. The Morgan fingerprint density at radius 1 is 1.10 bits per heavy atom. The van der Waals surface area contributed by atoms with Crippen molar-refractivity contribution in [2.45, 2.75) is 48.4 Å². The van der Waals surface area contributed by atoms with Crippen LogP contribution < -0.4 is 4.90 Å². The molecule has 1 aliphatic rings. The summed E-state index contributed by atoms with van der Waals surface area (Å²) < 4.78 is 79.7. The van der Waals surface area contributed by atoms with Crippen LogP contribution in [0.3, 0.4) is 0 Å². The third-order valence-electron chi connectivity index (χ3n) is 5.24. The van der Waals surface area contributed by atoms with E-state index in [9.17, 15) is 36.2 Å². The second-order valence-corrected chi connectivity index (χ2v) is 8.61. The zero-order valence-electron chi connectivity index (χ0n) is 16.5. The van der Waals surface area contributed by atoms with Crippen LogP contribution in [0.4, 0.5) is 32.0 Å². The molecular weight excluding hydrogens is 444 g/mol. The van der Waals surface area contributed by atoms with E-state index in [4.69, 9.17) is 0 Å². The fourth-order valence-electron chi connectivity index (χ4n) is 3.43. The number of carbonyl (C=O) groups is 1. The van der Waals surface area contributed by atoms with Crippen LogP contribution in [0.25, 0.3) is 0 Å². The second kappa shape index (κ2) is 8.05. The summed E-state index contributed by atoms with van der Waals surface area (Å²) in [5.41, 5.74) is -5.06. The Hall–Kier alpha value is -2.20. The highest BCUT2D eigenvalue weighted by atomic mass is 32.2. The van der Waals surface area contributed by atoms with E-state index < -0.39 is 29.4 Å². The molecule has 0 bridgehead atoms. The average molecular weight is 463 g/mol. The number of thioether (sulfide) groups is 1.